The summed E-state index contributed by atoms with van der Waals surface area (Å²) in [5, 5.41) is 3.10. The Kier molecular flexibility index (Phi) is 3.00. The molecule has 0 heterocycles. The zero-order valence-corrected chi connectivity index (χ0v) is 12.3. The number of fused-ring (bicyclic) bond motifs is 2. The van der Waals surface area contributed by atoms with E-state index in [0.717, 1.165) is 18.4 Å². The van der Waals surface area contributed by atoms with Crippen LogP contribution in [0.4, 0.5) is 0 Å². The summed E-state index contributed by atoms with van der Waals surface area (Å²) >= 11 is 6.44. The smallest absolute Gasteiger partial charge is 0.228 e. The van der Waals surface area contributed by atoms with Gasteiger partial charge in [0.2, 0.25) is 5.91 Å². The summed E-state index contributed by atoms with van der Waals surface area (Å²) in [5.74, 6) is 0.0823. The fraction of sp³-hybridized carbons (Fsp3) is 0.278. The van der Waals surface area contributed by atoms with E-state index in [4.69, 9.17) is 11.6 Å². The molecule has 0 spiro atoms. The van der Waals surface area contributed by atoms with Gasteiger partial charge in [0, 0.05) is 0 Å². The van der Waals surface area contributed by atoms with E-state index in [1.807, 2.05) is 30.3 Å². The molecular formula is C18H16ClNO. The van der Waals surface area contributed by atoms with Gasteiger partial charge in [0.25, 0.3) is 0 Å². The summed E-state index contributed by atoms with van der Waals surface area (Å²) in [7, 11) is 0. The Morgan fingerprint density at radius 2 is 1.57 bits per heavy atom. The Hall–Kier alpha value is -1.80. The minimum atomic E-state index is -0.0665. The number of hydrogen-bond acceptors (Lipinski definition) is 1. The van der Waals surface area contributed by atoms with Crippen LogP contribution < -0.4 is 5.32 Å². The normalized spacial score (nSPS) is 25.7. The lowest BCUT2D eigenvalue weighted by Gasteiger charge is -2.30. The lowest BCUT2D eigenvalue weighted by atomic mass is 9.77. The highest BCUT2D eigenvalue weighted by atomic mass is 35.5. The number of rotatable bonds is 2. The quantitative estimate of drug-likeness (QED) is 0.846. The molecule has 2 aliphatic carbocycles. The molecule has 0 saturated carbocycles. The van der Waals surface area contributed by atoms with Gasteiger partial charge >= 0.3 is 0 Å². The lowest BCUT2D eigenvalue weighted by Crippen LogP contribution is -2.39. The monoisotopic (exact) mass is 297 g/mol. The van der Waals surface area contributed by atoms with E-state index in [1.54, 1.807) is 0 Å². The van der Waals surface area contributed by atoms with Crippen molar-refractivity contribution in [3.8, 4) is 0 Å². The largest absolute Gasteiger partial charge is 0.347 e. The number of halogens is 1. The van der Waals surface area contributed by atoms with E-state index in [9.17, 15) is 4.79 Å². The highest BCUT2D eigenvalue weighted by Crippen LogP contribution is 2.38. The van der Waals surface area contributed by atoms with Crippen LogP contribution in [0, 0.1) is 0 Å². The van der Waals surface area contributed by atoms with E-state index < -0.39 is 0 Å². The molecule has 0 radical (unpaired) electrons. The van der Waals surface area contributed by atoms with Gasteiger partial charge in [-0.15, -0.1) is 11.6 Å². The Morgan fingerprint density at radius 1 is 0.952 bits per heavy atom. The molecule has 4 rings (SSSR count). The number of carbonyl (C=O) groups excluding carboxylic acids is 1. The third-order valence-corrected chi connectivity index (χ3v) is 5.04. The van der Waals surface area contributed by atoms with Gasteiger partial charge in [-0.3, -0.25) is 4.79 Å². The van der Waals surface area contributed by atoms with Crippen molar-refractivity contribution in [3.05, 3.63) is 70.8 Å². The molecule has 21 heavy (non-hydrogen) atoms. The second kappa shape index (κ2) is 4.88. The topological polar surface area (TPSA) is 29.1 Å². The van der Waals surface area contributed by atoms with Crippen molar-refractivity contribution >= 4 is 17.5 Å². The highest BCUT2D eigenvalue weighted by molar-refractivity contribution is 6.21. The van der Waals surface area contributed by atoms with Crippen molar-refractivity contribution in [2.45, 2.75) is 30.2 Å². The molecule has 0 fully saturated rings. The average Bonchev–Trinajstić information content (AvgIpc) is 2.77. The van der Waals surface area contributed by atoms with Crippen LogP contribution >= 0.6 is 11.6 Å². The predicted octanol–water partition coefficient (Wildman–Crippen LogP) is 3.35. The van der Waals surface area contributed by atoms with Gasteiger partial charge in [-0.2, -0.15) is 0 Å². The minimum absolute atomic E-state index is 0.0159. The molecule has 1 amide bonds. The van der Waals surface area contributed by atoms with Gasteiger partial charge in [0.15, 0.2) is 0 Å². The summed E-state index contributed by atoms with van der Waals surface area (Å²) in [5.41, 5.74) is 4.86. The van der Waals surface area contributed by atoms with Gasteiger partial charge in [0.1, 0.15) is 0 Å². The number of alkyl halides is 1. The van der Waals surface area contributed by atoms with E-state index in [0.29, 0.717) is 0 Å². The summed E-state index contributed by atoms with van der Waals surface area (Å²) in [6.07, 6.45) is 1.66. The highest BCUT2D eigenvalue weighted by Gasteiger charge is 2.37. The molecule has 0 bridgehead atoms. The molecule has 1 N–H and O–H groups in total. The van der Waals surface area contributed by atoms with Crippen molar-refractivity contribution in [2.75, 3.05) is 0 Å². The number of benzene rings is 2. The zero-order chi connectivity index (χ0) is 14.4. The second-order valence-electron chi connectivity index (χ2n) is 5.86. The van der Waals surface area contributed by atoms with Gasteiger partial charge in [-0.05, 0) is 35.1 Å². The first-order valence-corrected chi connectivity index (χ1v) is 7.78. The van der Waals surface area contributed by atoms with Crippen LogP contribution in [-0.2, 0) is 17.6 Å². The predicted molar refractivity (Wildman–Crippen MR) is 83.6 cm³/mol. The molecule has 0 aliphatic heterocycles. The van der Waals surface area contributed by atoms with Crippen LogP contribution in [0.5, 0.6) is 0 Å². The number of amides is 1. The molecule has 0 aromatic heterocycles. The second-order valence-corrected chi connectivity index (χ2v) is 6.42. The molecule has 0 saturated heterocycles. The lowest BCUT2D eigenvalue weighted by molar-refractivity contribution is -0.123. The van der Waals surface area contributed by atoms with Crippen LogP contribution in [0.2, 0.25) is 0 Å². The summed E-state index contributed by atoms with van der Waals surface area (Å²) in [6, 6.07) is 16.3. The molecule has 2 aromatic rings. The van der Waals surface area contributed by atoms with Gasteiger partial charge < -0.3 is 5.32 Å². The third kappa shape index (κ3) is 2.06. The van der Waals surface area contributed by atoms with Crippen LogP contribution in [0.25, 0.3) is 0 Å². The molecule has 2 nitrogen and oxygen atoms in total. The Morgan fingerprint density at radius 3 is 2.29 bits per heavy atom. The standard InChI is InChI=1S/C18H16ClNO/c19-16-10-12-6-2-4-8-14(12)17(16)20-18(21)15-9-11-5-1-3-7-13(11)15/h1-8,15-17H,9-10H2,(H,20,21). The first-order valence-electron chi connectivity index (χ1n) is 7.34. The third-order valence-electron chi connectivity index (χ3n) is 4.64. The minimum Gasteiger partial charge on any atom is -0.347 e. The Bertz CT molecular complexity index is 712. The average molecular weight is 298 g/mol. The van der Waals surface area contributed by atoms with Gasteiger partial charge in [-0.1, -0.05) is 48.5 Å². The fourth-order valence-corrected chi connectivity index (χ4v) is 3.83. The zero-order valence-electron chi connectivity index (χ0n) is 11.6. The molecule has 2 aliphatic rings. The summed E-state index contributed by atoms with van der Waals surface area (Å²) < 4.78 is 0. The van der Waals surface area contributed by atoms with Crippen molar-refractivity contribution < 1.29 is 4.79 Å². The molecular weight excluding hydrogens is 282 g/mol. The van der Waals surface area contributed by atoms with Crippen LogP contribution in [-0.4, -0.2) is 11.3 Å². The first-order chi connectivity index (χ1) is 10.2. The Balaban J connectivity index is 1.54. The SMILES string of the molecule is O=C(NC1c2ccccc2CC1Cl)C1Cc2ccccc21. The van der Waals surface area contributed by atoms with Crippen molar-refractivity contribution in [2.24, 2.45) is 0 Å². The van der Waals surface area contributed by atoms with Crippen molar-refractivity contribution in [1.82, 2.24) is 5.32 Å². The van der Waals surface area contributed by atoms with Gasteiger partial charge in [0.05, 0.1) is 17.3 Å². The molecule has 3 heteroatoms. The maximum atomic E-state index is 12.5. The van der Waals surface area contributed by atoms with E-state index in [2.05, 4.69) is 23.5 Å². The van der Waals surface area contributed by atoms with E-state index >= 15 is 0 Å². The van der Waals surface area contributed by atoms with Crippen LogP contribution in [0.3, 0.4) is 0 Å². The van der Waals surface area contributed by atoms with Gasteiger partial charge in [-0.25, -0.2) is 0 Å². The molecule has 3 atom stereocenters. The maximum Gasteiger partial charge on any atom is 0.228 e. The van der Waals surface area contributed by atoms with E-state index in [-0.39, 0.29) is 23.2 Å². The van der Waals surface area contributed by atoms with Crippen molar-refractivity contribution in [3.63, 3.8) is 0 Å². The Labute approximate surface area is 129 Å². The maximum absolute atomic E-state index is 12.5. The molecule has 2 aromatic carbocycles. The summed E-state index contributed by atoms with van der Waals surface area (Å²) in [6.45, 7) is 0. The fourth-order valence-electron chi connectivity index (χ4n) is 3.46. The number of hydrogen-bond donors (Lipinski definition) is 1. The molecule has 3 unspecified atom stereocenters. The summed E-state index contributed by atoms with van der Waals surface area (Å²) in [4.78, 5) is 12.5. The van der Waals surface area contributed by atoms with E-state index in [1.165, 1.54) is 16.7 Å². The molecule has 106 valence electrons. The van der Waals surface area contributed by atoms with Crippen LogP contribution in [0.1, 0.15) is 34.2 Å². The number of nitrogens with one attached hydrogen (secondary N) is 1. The number of carbonyl (C=O) groups is 1. The van der Waals surface area contributed by atoms with Crippen LogP contribution in [0.15, 0.2) is 48.5 Å². The van der Waals surface area contributed by atoms with Crippen molar-refractivity contribution in [1.29, 1.82) is 0 Å². The first kappa shape index (κ1) is 12.9.